The summed E-state index contributed by atoms with van der Waals surface area (Å²) in [5.41, 5.74) is 0. The van der Waals surface area contributed by atoms with Gasteiger partial charge in [-0.15, -0.1) is 0 Å². The minimum Gasteiger partial charge on any atom is -0.391 e. The Kier molecular flexibility index (Phi) is 5.60. The third-order valence-corrected chi connectivity index (χ3v) is 4.13. The second-order valence-corrected chi connectivity index (χ2v) is 5.69. The number of hydrogen-bond acceptors (Lipinski definition) is 11. The Labute approximate surface area is 130 Å². The van der Waals surface area contributed by atoms with Crippen molar-refractivity contribution in [3.8, 4) is 0 Å². The first kappa shape index (κ1) is 18.9. The van der Waals surface area contributed by atoms with Crippen molar-refractivity contribution >= 4 is 0 Å². The number of aliphatic hydroxyl groups is 8. The number of ether oxygens (including phenoxy) is 3. The molecule has 0 radical (unpaired) electrons. The highest BCUT2D eigenvalue weighted by molar-refractivity contribution is 4.97. The molecule has 2 rings (SSSR count). The fourth-order valence-electron chi connectivity index (χ4n) is 2.55. The first-order valence-electron chi connectivity index (χ1n) is 7.01. The molecule has 23 heavy (non-hydrogen) atoms. The molecule has 0 aliphatic carbocycles. The van der Waals surface area contributed by atoms with Crippen LogP contribution in [0.5, 0.6) is 0 Å². The standard InChI is InChI=1S/C12H22O11/c13-3-11(20)9(18)8(17)6(23-11)2-22-12(4-14)10(19)7(16)5(15)1-21-12/h5-10,13-20H,1-4H2/t5?,6-,7?,8-,9-,10?,11+,12?/m1/s1. The molecule has 0 aromatic carbocycles. The molecule has 8 N–H and O–H groups in total. The molecule has 11 heteroatoms. The normalized spacial score (nSPS) is 51.1. The van der Waals surface area contributed by atoms with Crippen LogP contribution in [-0.4, -0.2) is 115 Å². The van der Waals surface area contributed by atoms with Crippen LogP contribution >= 0.6 is 0 Å². The van der Waals surface area contributed by atoms with Crippen molar-refractivity contribution in [1.82, 2.24) is 0 Å². The third kappa shape index (κ3) is 3.23. The van der Waals surface area contributed by atoms with Crippen LogP contribution in [0.4, 0.5) is 0 Å². The highest BCUT2D eigenvalue weighted by atomic mass is 16.7. The van der Waals surface area contributed by atoms with E-state index in [0.717, 1.165) is 0 Å². The van der Waals surface area contributed by atoms with Gasteiger partial charge in [0.2, 0.25) is 11.6 Å². The second-order valence-electron chi connectivity index (χ2n) is 5.69. The molecule has 136 valence electrons. The van der Waals surface area contributed by atoms with Crippen molar-refractivity contribution in [2.24, 2.45) is 0 Å². The van der Waals surface area contributed by atoms with Crippen LogP contribution < -0.4 is 0 Å². The van der Waals surface area contributed by atoms with E-state index in [2.05, 4.69) is 0 Å². The smallest absolute Gasteiger partial charge is 0.221 e. The lowest BCUT2D eigenvalue weighted by atomic mass is 9.97. The van der Waals surface area contributed by atoms with Gasteiger partial charge in [0.25, 0.3) is 0 Å². The summed E-state index contributed by atoms with van der Waals surface area (Å²) in [6.07, 6.45) is -9.51. The SMILES string of the molecule is OCC1(OC[C@H]2O[C@@](O)(CO)[C@H](O)[C@@H]2O)OCC(O)C(O)C1O. The van der Waals surface area contributed by atoms with Gasteiger partial charge in [-0.05, 0) is 0 Å². The largest absolute Gasteiger partial charge is 0.391 e. The molecular weight excluding hydrogens is 320 g/mol. The lowest BCUT2D eigenvalue weighted by Gasteiger charge is -2.44. The van der Waals surface area contributed by atoms with Gasteiger partial charge >= 0.3 is 0 Å². The van der Waals surface area contributed by atoms with Crippen LogP contribution in [-0.2, 0) is 14.2 Å². The van der Waals surface area contributed by atoms with Gasteiger partial charge in [0.15, 0.2) is 0 Å². The molecule has 2 fully saturated rings. The fraction of sp³-hybridized carbons (Fsp3) is 1.00. The van der Waals surface area contributed by atoms with Gasteiger partial charge in [0, 0.05) is 0 Å². The Balaban J connectivity index is 2.04. The van der Waals surface area contributed by atoms with E-state index in [1.807, 2.05) is 0 Å². The number of hydrogen-bond donors (Lipinski definition) is 8. The minimum atomic E-state index is -2.37. The average molecular weight is 342 g/mol. The molecule has 2 aliphatic heterocycles. The van der Waals surface area contributed by atoms with E-state index in [0.29, 0.717) is 0 Å². The molecule has 11 nitrogen and oxygen atoms in total. The molecule has 2 heterocycles. The Morgan fingerprint density at radius 1 is 0.957 bits per heavy atom. The third-order valence-electron chi connectivity index (χ3n) is 4.13. The van der Waals surface area contributed by atoms with E-state index < -0.39 is 74.6 Å². The zero-order valence-electron chi connectivity index (χ0n) is 12.1. The molecule has 4 unspecified atom stereocenters. The summed E-state index contributed by atoms with van der Waals surface area (Å²) in [6, 6.07) is 0. The molecule has 0 spiro atoms. The first-order valence-corrected chi connectivity index (χ1v) is 7.01. The van der Waals surface area contributed by atoms with Crippen molar-refractivity contribution in [1.29, 1.82) is 0 Å². The molecule has 8 atom stereocenters. The molecule has 2 saturated heterocycles. The summed E-state index contributed by atoms with van der Waals surface area (Å²) in [7, 11) is 0. The molecular formula is C12H22O11. The van der Waals surface area contributed by atoms with Gasteiger partial charge in [-0.1, -0.05) is 0 Å². The van der Waals surface area contributed by atoms with Crippen LogP contribution in [0.2, 0.25) is 0 Å². The molecule has 0 bridgehead atoms. The van der Waals surface area contributed by atoms with E-state index in [1.54, 1.807) is 0 Å². The van der Waals surface area contributed by atoms with E-state index in [9.17, 15) is 35.7 Å². The zero-order chi connectivity index (χ0) is 17.4. The highest BCUT2D eigenvalue weighted by Gasteiger charge is 2.55. The molecule has 2 aliphatic rings. The summed E-state index contributed by atoms with van der Waals surface area (Å²) in [5, 5.41) is 76.6. The number of rotatable bonds is 5. The maximum atomic E-state index is 9.94. The molecule has 0 aromatic rings. The van der Waals surface area contributed by atoms with E-state index >= 15 is 0 Å². The van der Waals surface area contributed by atoms with Crippen LogP contribution in [0.25, 0.3) is 0 Å². The van der Waals surface area contributed by atoms with E-state index in [1.165, 1.54) is 0 Å². The average Bonchev–Trinajstić information content (AvgIpc) is 2.77. The second kappa shape index (κ2) is 6.82. The van der Waals surface area contributed by atoms with Crippen molar-refractivity contribution in [2.75, 3.05) is 26.4 Å². The summed E-state index contributed by atoms with van der Waals surface area (Å²) in [4.78, 5) is 0. The van der Waals surface area contributed by atoms with E-state index in [-0.39, 0.29) is 0 Å². The Morgan fingerprint density at radius 3 is 2.13 bits per heavy atom. The predicted molar refractivity (Wildman–Crippen MR) is 68.7 cm³/mol. The summed E-state index contributed by atoms with van der Waals surface area (Å²) in [6.45, 7) is -2.83. The number of aliphatic hydroxyl groups excluding tert-OH is 7. The van der Waals surface area contributed by atoms with Gasteiger partial charge in [0.1, 0.15) is 43.2 Å². The Hall–Kier alpha value is -0.440. The zero-order valence-corrected chi connectivity index (χ0v) is 12.1. The summed E-state index contributed by atoms with van der Waals surface area (Å²) < 4.78 is 15.2. The molecule has 0 saturated carbocycles. The van der Waals surface area contributed by atoms with Crippen molar-refractivity contribution in [3.05, 3.63) is 0 Å². The van der Waals surface area contributed by atoms with Gasteiger partial charge in [-0.2, -0.15) is 0 Å². The van der Waals surface area contributed by atoms with Crippen molar-refractivity contribution in [2.45, 2.75) is 48.2 Å². The summed E-state index contributed by atoms with van der Waals surface area (Å²) >= 11 is 0. The maximum Gasteiger partial charge on any atom is 0.221 e. The van der Waals surface area contributed by atoms with E-state index in [4.69, 9.17) is 19.3 Å². The van der Waals surface area contributed by atoms with Gasteiger partial charge in [0.05, 0.1) is 19.8 Å². The maximum absolute atomic E-state index is 9.94. The minimum absolute atomic E-state index is 0.421. The predicted octanol–water partition coefficient (Wildman–Crippen LogP) is -5.39. The Morgan fingerprint density at radius 2 is 1.61 bits per heavy atom. The lowest BCUT2D eigenvalue weighted by molar-refractivity contribution is -0.356. The van der Waals surface area contributed by atoms with Gasteiger partial charge in [-0.25, -0.2) is 0 Å². The van der Waals surface area contributed by atoms with Crippen molar-refractivity contribution < 1.29 is 55.1 Å². The Bertz CT molecular complexity index is 408. The highest BCUT2D eigenvalue weighted by Crippen LogP contribution is 2.32. The molecule has 0 amide bonds. The monoisotopic (exact) mass is 342 g/mol. The van der Waals surface area contributed by atoms with Crippen LogP contribution in [0.1, 0.15) is 0 Å². The van der Waals surface area contributed by atoms with Crippen LogP contribution in [0.15, 0.2) is 0 Å². The lowest BCUT2D eigenvalue weighted by Crippen LogP contribution is -2.64. The first-order chi connectivity index (χ1) is 10.7. The van der Waals surface area contributed by atoms with Gasteiger partial charge < -0.3 is 55.1 Å². The summed E-state index contributed by atoms with van der Waals surface area (Å²) in [5.74, 6) is -4.45. The quantitative estimate of drug-likeness (QED) is 0.238. The topological polar surface area (TPSA) is 190 Å². The van der Waals surface area contributed by atoms with Crippen LogP contribution in [0, 0.1) is 0 Å². The fourth-order valence-corrected chi connectivity index (χ4v) is 2.55. The van der Waals surface area contributed by atoms with Crippen molar-refractivity contribution in [3.63, 3.8) is 0 Å². The molecule has 0 aromatic heterocycles. The van der Waals surface area contributed by atoms with Crippen LogP contribution in [0.3, 0.4) is 0 Å². The van der Waals surface area contributed by atoms with Gasteiger partial charge in [-0.3, -0.25) is 0 Å².